The van der Waals surface area contributed by atoms with E-state index in [1.807, 2.05) is 0 Å². The van der Waals surface area contributed by atoms with Gasteiger partial charge in [0.1, 0.15) is 0 Å². The zero-order valence-corrected chi connectivity index (χ0v) is 6.95. The minimum Gasteiger partial charge on any atom is -0.298 e. The highest BCUT2D eigenvalue weighted by Gasteiger charge is 1.91. The second-order valence-electron chi connectivity index (χ2n) is 2.27. The zero-order chi connectivity index (χ0) is 8.81. The van der Waals surface area contributed by atoms with Gasteiger partial charge in [-0.05, 0) is 13.0 Å². The van der Waals surface area contributed by atoms with E-state index in [4.69, 9.17) is 0 Å². The van der Waals surface area contributed by atoms with E-state index >= 15 is 0 Å². The number of nitrogens with zero attached hydrogens (tertiary/aromatic N) is 2. The number of hydrogen-bond acceptors (Lipinski definition) is 2. The van der Waals surface area contributed by atoms with Crippen molar-refractivity contribution in [3.05, 3.63) is 28.9 Å². The van der Waals surface area contributed by atoms with E-state index in [0.717, 1.165) is 0 Å². The van der Waals surface area contributed by atoms with Gasteiger partial charge in [-0.3, -0.25) is 4.57 Å². The summed E-state index contributed by atoms with van der Waals surface area (Å²) in [5.41, 5.74) is -0.213. The SMILES string of the molecule is CC#CCCn1cccnc1=O. The van der Waals surface area contributed by atoms with Crippen molar-refractivity contribution in [3.8, 4) is 11.8 Å². The number of rotatable bonds is 2. The first-order valence-corrected chi connectivity index (χ1v) is 3.75. The molecular formula is C9H10N2O. The largest absolute Gasteiger partial charge is 0.347 e. The van der Waals surface area contributed by atoms with Gasteiger partial charge in [0.2, 0.25) is 0 Å². The third-order valence-electron chi connectivity index (χ3n) is 1.44. The normalized spacial score (nSPS) is 8.75. The first-order valence-electron chi connectivity index (χ1n) is 3.75. The Hall–Kier alpha value is -1.56. The standard InChI is InChI=1S/C9H10N2O/c1-2-3-4-7-11-8-5-6-10-9(11)12/h5-6,8H,4,7H2,1H3. The summed E-state index contributed by atoms with van der Waals surface area (Å²) in [7, 11) is 0. The van der Waals surface area contributed by atoms with Crippen molar-refractivity contribution in [2.75, 3.05) is 0 Å². The zero-order valence-electron chi connectivity index (χ0n) is 6.95. The van der Waals surface area contributed by atoms with Gasteiger partial charge >= 0.3 is 5.69 Å². The Kier molecular flexibility index (Phi) is 3.09. The second-order valence-corrected chi connectivity index (χ2v) is 2.27. The van der Waals surface area contributed by atoms with Crippen molar-refractivity contribution in [1.29, 1.82) is 0 Å². The lowest BCUT2D eigenvalue weighted by atomic mass is 10.4. The van der Waals surface area contributed by atoms with Gasteiger partial charge in [0.25, 0.3) is 0 Å². The van der Waals surface area contributed by atoms with Crippen LogP contribution >= 0.6 is 0 Å². The molecule has 0 unspecified atom stereocenters. The average Bonchev–Trinajstić information content (AvgIpc) is 2.09. The third-order valence-corrected chi connectivity index (χ3v) is 1.44. The summed E-state index contributed by atoms with van der Waals surface area (Å²) in [5.74, 6) is 5.66. The van der Waals surface area contributed by atoms with Gasteiger partial charge in [-0.2, -0.15) is 0 Å². The van der Waals surface area contributed by atoms with Crippen molar-refractivity contribution in [1.82, 2.24) is 9.55 Å². The van der Waals surface area contributed by atoms with E-state index in [-0.39, 0.29) is 5.69 Å². The summed E-state index contributed by atoms with van der Waals surface area (Å²) in [6, 6.07) is 1.74. The molecule has 1 aromatic rings. The van der Waals surface area contributed by atoms with Crippen LogP contribution in [-0.4, -0.2) is 9.55 Å². The monoisotopic (exact) mass is 162 g/mol. The fourth-order valence-corrected chi connectivity index (χ4v) is 0.859. The van der Waals surface area contributed by atoms with Crippen molar-refractivity contribution >= 4 is 0 Å². The van der Waals surface area contributed by atoms with Crippen molar-refractivity contribution in [2.45, 2.75) is 19.9 Å². The molecule has 62 valence electrons. The molecule has 0 bridgehead atoms. The van der Waals surface area contributed by atoms with Crippen LogP contribution in [0.25, 0.3) is 0 Å². The molecule has 12 heavy (non-hydrogen) atoms. The molecular weight excluding hydrogens is 152 g/mol. The minimum atomic E-state index is -0.213. The summed E-state index contributed by atoms with van der Waals surface area (Å²) >= 11 is 0. The Balaban J connectivity index is 2.67. The second kappa shape index (κ2) is 4.35. The molecule has 0 fully saturated rings. The third kappa shape index (κ3) is 2.24. The molecule has 0 amide bonds. The topological polar surface area (TPSA) is 34.9 Å². The van der Waals surface area contributed by atoms with Crippen LogP contribution in [-0.2, 0) is 6.54 Å². The molecule has 0 aliphatic carbocycles. The van der Waals surface area contributed by atoms with E-state index in [9.17, 15) is 4.79 Å². The Morgan fingerprint density at radius 3 is 3.17 bits per heavy atom. The molecule has 0 atom stereocenters. The van der Waals surface area contributed by atoms with Gasteiger partial charge in [-0.15, -0.1) is 11.8 Å². The van der Waals surface area contributed by atoms with Crippen molar-refractivity contribution < 1.29 is 0 Å². The summed E-state index contributed by atoms with van der Waals surface area (Å²) in [5, 5.41) is 0. The maximum atomic E-state index is 11.0. The van der Waals surface area contributed by atoms with Crippen LogP contribution in [0.4, 0.5) is 0 Å². The molecule has 3 heteroatoms. The highest BCUT2D eigenvalue weighted by Crippen LogP contribution is 1.83. The van der Waals surface area contributed by atoms with Gasteiger partial charge in [-0.25, -0.2) is 9.78 Å². The Bertz CT molecular complexity index is 357. The van der Waals surface area contributed by atoms with E-state index in [1.165, 1.54) is 6.20 Å². The molecule has 3 nitrogen and oxygen atoms in total. The molecule has 0 N–H and O–H groups in total. The number of hydrogen-bond donors (Lipinski definition) is 0. The van der Waals surface area contributed by atoms with Gasteiger partial charge in [0.05, 0.1) is 0 Å². The van der Waals surface area contributed by atoms with Gasteiger partial charge < -0.3 is 0 Å². The predicted molar refractivity (Wildman–Crippen MR) is 46.6 cm³/mol. The van der Waals surface area contributed by atoms with Crippen LogP contribution in [0.3, 0.4) is 0 Å². The highest BCUT2D eigenvalue weighted by atomic mass is 16.1. The van der Waals surface area contributed by atoms with Gasteiger partial charge in [-0.1, -0.05) is 0 Å². The van der Waals surface area contributed by atoms with Gasteiger partial charge in [0.15, 0.2) is 0 Å². The quantitative estimate of drug-likeness (QED) is 0.599. The highest BCUT2D eigenvalue weighted by molar-refractivity contribution is 4.95. The molecule has 0 spiro atoms. The van der Waals surface area contributed by atoms with E-state index < -0.39 is 0 Å². The lowest BCUT2D eigenvalue weighted by molar-refractivity contribution is 0.666. The van der Waals surface area contributed by atoms with Crippen LogP contribution in [0.2, 0.25) is 0 Å². The fourth-order valence-electron chi connectivity index (χ4n) is 0.859. The average molecular weight is 162 g/mol. The lowest BCUT2D eigenvalue weighted by Gasteiger charge is -1.98. The van der Waals surface area contributed by atoms with Crippen molar-refractivity contribution in [2.24, 2.45) is 0 Å². The maximum Gasteiger partial charge on any atom is 0.347 e. The predicted octanol–water partition coefficient (Wildman–Crippen LogP) is 0.657. The first kappa shape index (κ1) is 8.54. The summed E-state index contributed by atoms with van der Waals surface area (Å²) in [6.45, 7) is 2.40. The molecule has 0 aromatic carbocycles. The molecule has 1 aromatic heterocycles. The van der Waals surface area contributed by atoms with E-state index in [2.05, 4.69) is 16.8 Å². The van der Waals surface area contributed by atoms with Crippen LogP contribution in [0.15, 0.2) is 23.3 Å². The molecule has 0 aliphatic rings. The van der Waals surface area contributed by atoms with E-state index in [1.54, 1.807) is 23.8 Å². The van der Waals surface area contributed by atoms with Gasteiger partial charge in [0, 0.05) is 25.4 Å². The first-order chi connectivity index (χ1) is 5.84. The number of aromatic nitrogens is 2. The molecule has 0 saturated heterocycles. The lowest BCUT2D eigenvalue weighted by Crippen LogP contribution is -2.21. The molecule has 0 radical (unpaired) electrons. The van der Waals surface area contributed by atoms with E-state index in [0.29, 0.717) is 13.0 Å². The summed E-state index contributed by atoms with van der Waals surface area (Å²) < 4.78 is 1.55. The molecule has 1 heterocycles. The Labute approximate surface area is 71.1 Å². The fraction of sp³-hybridized carbons (Fsp3) is 0.333. The number of aryl methyl sites for hydroxylation is 1. The smallest absolute Gasteiger partial charge is 0.298 e. The van der Waals surface area contributed by atoms with Crippen LogP contribution in [0, 0.1) is 11.8 Å². The summed E-state index contributed by atoms with van der Waals surface area (Å²) in [4.78, 5) is 14.6. The Morgan fingerprint density at radius 2 is 2.50 bits per heavy atom. The molecule has 0 aliphatic heterocycles. The molecule has 0 saturated carbocycles. The van der Waals surface area contributed by atoms with Crippen LogP contribution in [0.1, 0.15) is 13.3 Å². The summed E-state index contributed by atoms with van der Waals surface area (Å²) in [6.07, 6.45) is 3.90. The Morgan fingerprint density at radius 1 is 1.67 bits per heavy atom. The van der Waals surface area contributed by atoms with Crippen molar-refractivity contribution in [3.63, 3.8) is 0 Å². The van der Waals surface area contributed by atoms with Crippen LogP contribution in [0.5, 0.6) is 0 Å². The molecule has 1 rings (SSSR count). The maximum absolute atomic E-state index is 11.0. The van der Waals surface area contributed by atoms with Crippen LogP contribution < -0.4 is 5.69 Å². The minimum absolute atomic E-state index is 0.213.